The predicted molar refractivity (Wildman–Crippen MR) is 94.5 cm³/mol. The molecule has 124 valence electrons. The molecule has 1 aliphatic heterocycles. The second kappa shape index (κ2) is 6.24. The number of fused-ring (bicyclic) bond motifs is 1. The Morgan fingerprint density at radius 2 is 2.17 bits per heavy atom. The van der Waals surface area contributed by atoms with Gasteiger partial charge in [-0.05, 0) is 31.4 Å². The number of amides is 1. The molecule has 1 amide bonds. The molecule has 0 bridgehead atoms. The van der Waals surface area contributed by atoms with E-state index < -0.39 is 0 Å². The molecule has 1 aliphatic rings. The third kappa shape index (κ3) is 2.45. The zero-order chi connectivity index (χ0) is 16.5. The average molecular weight is 341 g/mol. The highest BCUT2D eigenvalue weighted by atomic mass is 32.1. The van der Waals surface area contributed by atoms with Crippen molar-refractivity contribution in [1.29, 1.82) is 0 Å². The Balaban J connectivity index is 1.74. The first kappa shape index (κ1) is 15.1. The van der Waals surface area contributed by atoms with E-state index >= 15 is 0 Å². The highest BCUT2D eigenvalue weighted by Crippen LogP contribution is 2.36. The van der Waals surface area contributed by atoms with Gasteiger partial charge in [-0.3, -0.25) is 14.2 Å². The highest BCUT2D eigenvalue weighted by molar-refractivity contribution is 7.15. The van der Waals surface area contributed by atoms with E-state index in [1.165, 1.54) is 0 Å². The molecule has 1 N–H and O–H groups in total. The first-order valence-corrected chi connectivity index (χ1v) is 9.01. The Morgan fingerprint density at radius 3 is 2.96 bits per heavy atom. The summed E-state index contributed by atoms with van der Waals surface area (Å²) in [7, 11) is 1.87. The zero-order valence-electron chi connectivity index (χ0n) is 13.5. The Bertz CT molecular complexity index is 856. The number of nitrogens with zero attached hydrogens (tertiary/aromatic N) is 4. The summed E-state index contributed by atoms with van der Waals surface area (Å²) in [6, 6.07) is 3.58. The third-order valence-corrected chi connectivity index (χ3v) is 5.40. The molecule has 0 aliphatic carbocycles. The van der Waals surface area contributed by atoms with Crippen LogP contribution in [-0.2, 0) is 0 Å². The first-order valence-electron chi connectivity index (χ1n) is 8.14. The van der Waals surface area contributed by atoms with Gasteiger partial charge in [0.15, 0.2) is 0 Å². The molecule has 1 saturated heterocycles. The van der Waals surface area contributed by atoms with Gasteiger partial charge in [0.25, 0.3) is 5.91 Å². The number of carbonyl (C=O) groups excluding carboxylic acids is 1. The number of carbonyl (C=O) groups is 1. The number of hydrogen-bond acceptors (Lipinski definition) is 5. The van der Waals surface area contributed by atoms with Crippen molar-refractivity contribution < 1.29 is 4.79 Å². The van der Waals surface area contributed by atoms with E-state index in [0.717, 1.165) is 42.3 Å². The van der Waals surface area contributed by atoms with Gasteiger partial charge in [0.1, 0.15) is 10.5 Å². The van der Waals surface area contributed by atoms with Crippen molar-refractivity contribution in [2.45, 2.75) is 25.3 Å². The molecule has 1 fully saturated rings. The molecule has 7 heteroatoms. The number of aromatic nitrogens is 3. The lowest BCUT2D eigenvalue weighted by Gasteiger charge is -2.35. The van der Waals surface area contributed by atoms with Gasteiger partial charge in [-0.2, -0.15) is 0 Å². The summed E-state index contributed by atoms with van der Waals surface area (Å²) in [6.45, 7) is 0.769. The Morgan fingerprint density at radius 1 is 1.33 bits per heavy atom. The van der Waals surface area contributed by atoms with Crippen molar-refractivity contribution in [2.75, 3.05) is 18.9 Å². The van der Waals surface area contributed by atoms with Crippen LogP contribution in [0.3, 0.4) is 0 Å². The van der Waals surface area contributed by atoms with Gasteiger partial charge in [-0.25, -0.2) is 4.98 Å². The van der Waals surface area contributed by atoms with E-state index in [0.29, 0.717) is 5.56 Å². The Hall–Kier alpha value is -2.41. The summed E-state index contributed by atoms with van der Waals surface area (Å²) >= 11 is 1.67. The van der Waals surface area contributed by atoms with Gasteiger partial charge >= 0.3 is 0 Å². The van der Waals surface area contributed by atoms with E-state index in [9.17, 15) is 4.79 Å². The van der Waals surface area contributed by atoms with E-state index in [-0.39, 0.29) is 11.9 Å². The maximum atomic E-state index is 13.0. The number of thiazole rings is 1. The van der Waals surface area contributed by atoms with E-state index in [1.807, 2.05) is 18.1 Å². The smallest absolute Gasteiger partial charge is 0.254 e. The van der Waals surface area contributed by atoms with Gasteiger partial charge < -0.3 is 10.2 Å². The molecule has 4 rings (SSSR count). The Kier molecular flexibility index (Phi) is 3.93. The second-order valence-corrected chi connectivity index (χ2v) is 6.79. The normalized spacial score (nSPS) is 18.0. The van der Waals surface area contributed by atoms with Crippen LogP contribution in [0.15, 0.2) is 36.1 Å². The van der Waals surface area contributed by atoms with Crippen LogP contribution >= 0.6 is 11.3 Å². The number of imidazole rings is 1. The molecule has 1 atom stereocenters. The van der Waals surface area contributed by atoms with Crippen molar-refractivity contribution in [3.05, 3.63) is 47.4 Å². The predicted octanol–water partition coefficient (Wildman–Crippen LogP) is 3.20. The van der Waals surface area contributed by atoms with Gasteiger partial charge in [0.05, 0.1) is 6.04 Å². The summed E-state index contributed by atoms with van der Waals surface area (Å²) in [6.07, 6.45) is 8.45. The van der Waals surface area contributed by atoms with Crippen molar-refractivity contribution in [1.82, 2.24) is 19.3 Å². The minimum absolute atomic E-state index is 0.0233. The summed E-state index contributed by atoms with van der Waals surface area (Å²) < 4.78 is 2.06. The molecule has 3 aromatic rings. The number of nitrogens with one attached hydrogen (secondary N) is 1. The SMILES string of the molecule is CNc1nc([C@H]2CCCCN2C(=O)c2ccncc2)c2sccn12. The van der Waals surface area contributed by atoms with Crippen LogP contribution in [0.5, 0.6) is 0 Å². The molecule has 0 saturated carbocycles. The first-order chi connectivity index (χ1) is 11.8. The maximum absolute atomic E-state index is 13.0. The van der Waals surface area contributed by atoms with Gasteiger partial charge in [-0.1, -0.05) is 0 Å². The summed E-state index contributed by atoms with van der Waals surface area (Å²) in [4.78, 5) is 24.8. The van der Waals surface area contributed by atoms with E-state index in [1.54, 1.807) is 35.9 Å². The molecule has 6 nitrogen and oxygen atoms in total. The molecule has 0 aromatic carbocycles. The number of pyridine rings is 1. The molecule has 0 spiro atoms. The monoisotopic (exact) mass is 341 g/mol. The van der Waals surface area contributed by atoms with E-state index in [4.69, 9.17) is 4.98 Å². The van der Waals surface area contributed by atoms with Crippen LogP contribution in [0.2, 0.25) is 0 Å². The van der Waals surface area contributed by atoms with Gasteiger partial charge in [-0.15, -0.1) is 11.3 Å². The Labute approximate surface area is 144 Å². The second-order valence-electron chi connectivity index (χ2n) is 5.89. The molecule has 4 heterocycles. The van der Waals surface area contributed by atoms with E-state index in [2.05, 4.69) is 20.1 Å². The van der Waals surface area contributed by atoms with Crippen LogP contribution < -0.4 is 5.32 Å². The van der Waals surface area contributed by atoms with Crippen molar-refractivity contribution >= 4 is 28.0 Å². The quantitative estimate of drug-likeness (QED) is 0.795. The van der Waals surface area contributed by atoms with Gasteiger partial charge in [0.2, 0.25) is 5.95 Å². The number of piperidine rings is 1. The molecular weight excluding hydrogens is 322 g/mol. The molecule has 3 aromatic heterocycles. The molecule has 24 heavy (non-hydrogen) atoms. The number of hydrogen-bond donors (Lipinski definition) is 1. The summed E-state index contributed by atoms with van der Waals surface area (Å²) in [5, 5.41) is 5.19. The fourth-order valence-corrected chi connectivity index (χ4v) is 4.23. The summed E-state index contributed by atoms with van der Waals surface area (Å²) in [5.74, 6) is 0.883. The minimum Gasteiger partial charge on any atom is -0.358 e. The third-order valence-electron chi connectivity index (χ3n) is 4.51. The fourth-order valence-electron chi connectivity index (χ4n) is 3.36. The molecular formula is C17H19N5OS. The van der Waals surface area contributed by atoms with Crippen LogP contribution in [0.4, 0.5) is 5.95 Å². The number of rotatable bonds is 3. The zero-order valence-corrected chi connectivity index (χ0v) is 14.3. The van der Waals surface area contributed by atoms with Crippen molar-refractivity contribution in [3.8, 4) is 0 Å². The highest BCUT2D eigenvalue weighted by Gasteiger charge is 2.32. The molecule has 0 unspecified atom stereocenters. The number of anilines is 1. The van der Waals surface area contributed by atoms with Crippen LogP contribution in [0.1, 0.15) is 41.4 Å². The topological polar surface area (TPSA) is 62.5 Å². The molecule has 0 radical (unpaired) electrons. The van der Waals surface area contributed by atoms with Crippen molar-refractivity contribution in [2.24, 2.45) is 0 Å². The lowest BCUT2D eigenvalue weighted by atomic mass is 9.98. The average Bonchev–Trinajstić information content (AvgIpc) is 3.24. The fraction of sp³-hybridized carbons (Fsp3) is 0.353. The van der Waals surface area contributed by atoms with Crippen LogP contribution in [0, 0.1) is 0 Å². The van der Waals surface area contributed by atoms with Crippen molar-refractivity contribution in [3.63, 3.8) is 0 Å². The van der Waals surface area contributed by atoms with Crippen LogP contribution in [-0.4, -0.2) is 38.8 Å². The number of likely N-dealkylation sites (tertiary alicyclic amines) is 1. The standard InChI is InChI=1S/C17H19N5OS/c1-18-17-20-14(16-22(17)10-11-24-16)13-4-2-3-9-21(13)15(23)12-5-7-19-8-6-12/h5-8,10-11,13H,2-4,9H2,1H3,(H,18,20)/t13-/m1/s1. The summed E-state index contributed by atoms with van der Waals surface area (Å²) in [5.41, 5.74) is 1.68. The maximum Gasteiger partial charge on any atom is 0.254 e. The lowest BCUT2D eigenvalue weighted by Crippen LogP contribution is -2.38. The minimum atomic E-state index is 0.0233. The lowest BCUT2D eigenvalue weighted by molar-refractivity contribution is 0.0608. The largest absolute Gasteiger partial charge is 0.358 e. The van der Waals surface area contributed by atoms with Gasteiger partial charge in [0, 0.05) is 43.1 Å². The van der Waals surface area contributed by atoms with Crippen LogP contribution in [0.25, 0.3) is 4.83 Å².